The van der Waals surface area contributed by atoms with E-state index in [1.165, 1.54) is 0 Å². The zero-order valence-corrected chi connectivity index (χ0v) is 12.5. The standard InChI is InChI=1S/C13H20N4OS/c1-8(12(18)17-13(2,3)4)16-9-5-6-10(11(14)19)15-7-9/h5-8,16H,1-4H3,(H2,14,19)(H,17,18). The quantitative estimate of drug-likeness (QED) is 0.727. The Bertz CT molecular complexity index is 465. The zero-order chi connectivity index (χ0) is 14.6. The molecule has 0 aromatic carbocycles. The molecule has 1 aromatic rings. The minimum Gasteiger partial charge on any atom is -0.388 e. The van der Waals surface area contributed by atoms with Crippen LogP contribution in [0.25, 0.3) is 0 Å². The lowest BCUT2D eigenvalue weighted by Crippen LogP contribution is -2.47. The maximum Gasteiger partial charge on any atom is 0.242 e. The third kappa shape index (κ3) is 5.21. The number of thiocarbonyl (C=S) groups is 1. The molecule has 4 N–H and O–H groups in total. The molecule has 0 spiro atoms. The van der Waals surface area contributed by atoms with Gasteiger partial charge in [-0.1, -0.05) is 12.2 Å². The highest BCUT2D eigenvalue weighted by atomic mass is 32.1. The fraction of sp³-hybridized carbons (Fsp3) is 0.462. The summed E-state index contributed by atoms with van der Waals surface area (Å²) in [6, 6.07) is 3.17. The van der Waals surface area contributed by atoms with Crippen molar-refractivity contribution < 1.29 is 4.79 Å². The molecule has 0 bridgehead atoms. The maximum atomic E-state index is 11.9. The van der Waals surface area contributed by atoms with Crippen LogP contribution in [0.4, 0.5) is 5.69 Å². The van der Waals surface area contributed by atoms with E-state index in [0.717, 1.165) is 5.69 Å². The molecule has 104 valence electrons. The number of nitrogens with zero attached hydrogens (tertiary/aromatic N) is 1. The first-order valence-corrected chi connectivity index (χ1v) is 6.44. The summed E-state index contributed by atoms with van der Waals surface area (Å²) in [6.45, 7) is 7.62. The van der Waals surface area contributed by atoms with E-state index < -0.39 is 0 Å². The molecule has 1 unspecified atom stereocenters. The molecular formula is C13H20N4OS. The lowest BCUT2D eigenvalue weighted by Gasteiger charge is -2.24. The Balaban J connectivity index is 2.64. The van der Waals surface area contributed by atoms with E-state index in [9.17, 15) is 4.79 Å². The van der Waals surface area contributed by atoms with Gasteiger partial charge in [-0.05, 0) is 39.8 Å². The van der Waals surface area contributed by atoms with E-state index in [2.05, 4.69) is 15.6 Å². The van der Waals surface area contributed by atoms with Crippen LogP contribution in [-0.2, 0) is 4.79 Å². The molecule has 1 rings (SSSR count). The summed E-state index contributed by atoms with van der Waals surface area (Å²) in [4.78, 5) is 16.3. The van der Waals surface area contributed by atoms with Crippen molar-refractivity contribution in [3.63, 3.8) is 0 Å². The van der Waals surface area contributed by atoms with Gasteiger partial charge in [-0.25, -0.2) is 0 Å². The van der Waals surface area contributed by atoms with Gasteiger partial charge < -0.3 is 16.4 Å². The first kappa shape index (κ1) is 15.4. The Morgan fingerprint density at radius 1 is 1.42 bits per heavy atom. The molecule has 0 fully saturated rings. The van der Waals surface area contributed by atoms with E-state index in [-0.39, 0.29) is 22.5 Å². The monoisotopic (exact) mass is 280 g/mol. The van der Waals surface area contributed by atoms with E-state index in [4.69, 9.17) is 18.0 Å². The Morgan fingerprint density at radius 2 is 2.05 bits per heavy atom. The molecule has 5 nitrogen and oxygen atoms in total. The summed E-state index contributed by atoms with van der Waals surface area (Å²) in [7, 11) is 0. The molecule has 0 saturated carbocycles. The van der Waals surface area contributed by atoms with Gasteiger partial charge in [0.15, 0.2) is 0 Å². The minimum atomic E-state index is -0.350. The van der Waals surface area contributed by atoms with Crippen molar-refractivity contribution in [3.05, 3.63) is 24.0 Å². The van der Waals surface area contributed by atoms with Gasteiger partial charge in [-0.3, -0.25) is 9.78 Å². The Hall–Kier alpha value is -1.69. The summed E-state index contributed by atoms with van der Waals surface area (Å²) in [6.07, 6.45) is 1.61. The highest BCUT2D eigenvalue weighted by molar-refractivity contribution is 7.80. The van der Waals surface area contributed by atoms with Gasteiger partial charge >= 0.3 is 0 Å². The molecule has 0 aliphatic heterocycles. The summed E-state index contributed by atoms with van der Waals surface area (Å²) < 4.78 is 0. The molecule has 1 heterocycles. The van der Waals surface area contributed by atoms with Crippen LogP contribution in [0.1, 0.15) is 33.4 Å². The molecule has 1 atom stereocenters. The lowest BCUT2D eigenvalue weighted by atomic mass is 10.1. The van der Waals surface area contributed by atoms with E-state index in [1.807, 2.05) is 20.8 Å². The number of carbonyl (C=O) groups excluding carboxylic acids is 1. The summed E-state index contributed by atoms with van der Waals surface area (Å²) in [5.41, 5.74) is 6.53. The zero-order valence-electron chi connectivity index (χ0n) is 11.7. The van der Waals surface area contributed by atoms with Crippen molar-refractivity contribution in [2.24, 2.45) is 5.73 Å². The minimum absolute atomic E-state index is 0.0640. The van der Waals surface area contributed by atoms with Crippen LogP contribution >= 0.6 is 12.2 Å². The summed E-state index contributed by atoms with van der Waals surface area (Å²) in [5.74, 6) is -0.0640. The van der Waals surface area contributed by atoms with Crippen molar-refractivity contribution in [2.45, 2.75) is 39.3 Å². The first-order valence-electron chi connectivity index (χ1n) is 6.03. The van der Waals surface area contributed by atoms with E-state index >= 15 is 0 Å². The topological polar surface area (TPSA) is 80.0 Å². The molecular weight excluding hydrogens is 260 g/mol. The van der Waals surface area contributed by atoms with Gasteiger partial charge in [0.1, 0.15) is 11.0 Å². The number of hydrogen-bond donors (Lipinski definition) is 3. The van der Waals surface area contributed by atoms with E-state index in [1.54, 1.807) is 25.3 Å². The van der Waals surface area contributed by atoms with Crippen LogP contribution in [0, 0.1) is 0 Å². The average molecular weight is 280 g/mol. The Kier molecular flexibility index (Phi) is 4.83. The molecule has 0 radical (unpaired) electrons. The van der Waals surface area contributed by atoms with Crippen LogP contribution in [-0.4, -0.2) is 27.5 Å². The van der Waals surface area contributed by atoms with E-state index in [0.29, 0.717) is 5.69 Å². The molecule has 0 aliphatic rings. The first-order chi connectivity index (χ1) is 8.69. The molecule has 1 aromatic heterocycles. The van der Waals surface area contributed by atoms with Gasteiger partial charge in [0.25, 0.3) is 0 Å². The van der Waals surface area contributed by atoms with Gasteiger partial charge in [-0.15, -0.1) is 0 Å². The van der Waals surface area contributed by atoms with Crippen molar-refractivity contribution in [1.29, 1.82) is 0 Å². The van der Waals surface area contributed by atoms with Crippen LogP contribution in [0.3, 0.4) is 0 Å². The molecule has 19 heavy (non-hydrogen) atoms. The second-order valence-corrected chi connectivity index (χ2v) is 5.84. The van der Waals surface area contributed by atoms with Crippen molar-refractivity contribution in [2.75, 3.05) is 5.32 Å². The molecule has 6 heteroatoms. The predicted molar refractivity (Wildman–Crippen MR) is 81.1 cm³/mol. The number of rotatable bonds is 4. The third-order valence-electron chi connectivity index (χ3n) is 2.29. The second-order valence-electron chi connectivity index (χ2n) is 5.40. The number of carbonyl (C=O) groups is 1. The van der Waals surface area contributed by atoms with Gasteiger partial charge in [0.2, 0.25) is 5.91 Å². The number of pyridine rings is 1. The predicted octanol–water partition coefficient (Wildman–Crippen LogP) is 1.43. The largest absolute Gasteiger partial charge is 0.388 e. The van der Waals surface area contributed by atoms with Crippen LogP contribution in [0.5, 0.6) is 0 Å². The van der Waals surface area contributed by atoms with Gasteiger partial charge in [-0.2, -0.15) is 0 Å². The average Bonchev–Trinajstić information content (AvgIpc) is 2.27. The lowest BCUT2D eigenvalue weighted by molar-refractivity contribution is -0.122. The normalized spacial score (nSPS) is 12.6. The SMILES string of the molecule is CC(Nc1ccc(C(N)=S)nc1)C(=O)NC(C)(C)C. The highest BCUT2D eigenvalue weighted by Crippen LogP contribution is 2.09. The number of aromatic nitrogens is 1. The summed E-state index contributed by atoms with van der Waals surface area (Å²) in [5, 5.41) is 5.98. The number of anilines is 1. The molecule has 0 saturated heterocycles. The van der Waals surface area contributed by atoms with Gasteiger partial charge in [0, 0.05) is 5.54 Å². The second kappa shape index (κ2) is 5.97. The van der Waals surface area contributed by atoms with Gasteiger partial charge in [0.05, 0.1) is 17.6 Å². The van der Waals surface area contributed by atoms with Crippen molar-refractivity contribution in [3.8, 4) is 0 Å². The van der Waals surface area contributed by atoms with Crippen LogP contribution in [0.15, 0.2) is 18.3 Å². The molecule has 1 amide bonds. The number of hydrogen-bond acceptors (Lipinski definition) is 4. The number of nitrogens with one attached hydrogen (secondary N) is 2. The summed E-state index contributed by atoms with van der Waals surface area (Å²) >= 11 is 4.83. The Morgan fingerprint density at radius 3 is 2.47 bits per heavy atom. The van der Waals surface area contributed by atoms with Crippen LogP contribution in [0.2, 0.25) is 0 Å². The fourth-order valence-corrected chi connectivity index (χ4v) is 1.54. The van der Waals surface area contributed by atoms with Crippen LogP contribution < -0.4 is 16.4 Å². The van der Waals surface area contributed by atoms with Crippen molar-refractivity contribution >= 4 is 28.8 Å². The fourth-order valence-electron chi connectivity index (χ4n) is 1.42. The smallest absolute Gasteiger partial charge is 0.242 e. The molecule has 0 aliphatic carbocycles. The number of nitrogens with two attached hydrogens (primary N) is 1. The number of amides is 1. The maximum absolute atomic E-state index is 11.9. The Labute approximate surface area is 119 Å². The van der Waals surface area contributed by atoms with Crippen molar-refractivity contribution in [1.82, 2.24) is 10.3 Å². The third-order valence-corrected chi connectivity index (χ3v) is 2.50. The highest BCUT2D eigenvalue weighted by Gasteiger charge is 2.19.